The zero-order chi connectivity index (χ0) is 10.5. The first kappa shape index (κ1) is 11.3. The lowest BCUT2D eigenvalue weighted by Crippen LogP contribution is -2.30. The molecule has 2 rings (SSSR count). The largest absolute Gasteiger partial charge is 0.299 e. The lowest BCUT2D eigenvalue weighted by atomic mass is 10.2. The van der Waals surface area contributed by atoms with Crippen molar-refractivity contribution >= 4 is 11.8 Å². The molecule has 1 atom stereocenters. The van der Waals surface area contributed by atoms with Crippen molar-refractivity contribution in [1.29, 1.82) is 5.26 Å². The molecule has 0 heterocycles. The SMILES string of the molecule is N#CC(CCSC1CCCC1)NC1CC1. The second-order valence-electron chi connectivity index (χ2n) is 4.69. The summed E-state index contributed by atoms with van der Waals surface area (Å²) in [5.41, 5.74) is 0. The van der Waals surface area contributed by atoms with Gasteiger partial charge in [0.1, 0.15) is 0 Å². The van der Waals surface area contributed by atoms with E-state index in [2.05, 4.69) is 23.1 Å². The second-order valence-corrected chi connectivity index (χ2v) is 6.10. The zero-order valence-corrected chi connectivity index (χ0v) is 10.1. The maximum absolute atomic E-state index is 8.97. The van der Waals surface area contributed by atoms with Gasteiger partial charge in [0, 0.05) is 11.3 Å². The lowest BCUT2D eigenvalue weighted by molar-refractivity contribution is 0.586. The van der Waals surface area contributed by atoms with Crippen LogP contribution in [0.1, 0.15) is 44.9 Å². The predicted molar refractivity (Wildman–Crippen MR) is 64.9 cm³/mol. The molecule has 0 aromatic heterocycles. The quantitative estimate of drug-likeness (QED) is 0.753. The first-order valence-corrected chi connectivity index (χ1v) is 7.20. The average molecular weight is 224 g/mol. The van der Waals surface area contributed by atoms with Crippen molar-refractivity contribution < 1.29 is 0 Å². The van der Waals surface area contributed by atoms with Gasteiger partial charge >= 0.3 is 0 Å². The van der Waals surface area contributed by atoms with Crippen LogP contribution in [0.5, 0.6) is 0 Å². The monoisotopic (exact) mass is 224 g/mol. The summed E-state index contributed by atoms with van der Waals surface area (Å²) < 4.78 is 0. The van der Waals surface area contributed by atoms with Crippen LogP contribution < -0.4 is 5.32 Å². The third-order valence-electron chi connectivity index (χ3n) is 3.23. The van der Waals surface area contributed by atoms with Gasteiger partial charge in [0.25, 0.3) is 0 Å². The van der Waals surface area contributed by atoms with Crippen molar-refractivity contribution in [3.8, 4) is 6.07 Å². The summed E-state index contributed by atoms with van der Waals surface area (Å²) in [6.45, 7) is 0. The fourth-order valence-corrected chi connectivity index (χ4v) is 3.50. The van der Waals surface area contributed by atoms with E-state index >= 15 is 0 Å². The molecule has 0 aliphatic heterocycles. The van der Waals surface area contributed by atoms with E-state index in [-0.39, 0.29) is 6.04 Å². The summed E-state index contributed by atoms with van der Waals surface area (Å²) in [5.74, 6) is 1.16. The summed E-state index contributed by atoms with van der Waals surface area (Å²) in [6, 6.07) is 3.14. The highest BCUT2D eigenvalue weighted by Crippen LogP contribution is 2.30. The molecular weight excluding hydrogens is 204 g/mol. The van der Waals surface area contributed by atoms with Crippen LogP contribution in [-0.4, -0.2) is 23.1 Å². The maximum atomic E-state index is 8.97. The Balaban J connectivity index is 1.56. The molecule has 15 heavy (non-hydrogen) atoms. The van der Waals surface area contributed by atoms with Gasteiger partial charge in [-0.3, -0.25) is 5.32 Å². The van der Waals surface area contributed by atoms with Crippen molar-refractivity contribution in [3.05, 3.63) is 0 Å². The smallest absolute Gasteiger partial charge is 0.0963 e. The van der Waals surface area contributed by atoms with Crippen LogP contribution in [0, 0.1) is 11.3 Å². The molecule has 2 aliphatic carbocycles. The number of nitrogens with one attached hydrogen (secondary N) is 1. The van der Waals surface area contributed by atoms with Gasteiger partial charge in [-0.15, -0.1) is 0 Å². The Bertz CT molecular complexity index is 226. The molecule has 0 radical (unpaired) electrons. The second kappa shape index (κ2) is 5.77. The first-order valence-electron chi connectivity index (χ1n) is 6.16. The van der Waals surface area contributed by atoms with Crippen molar-refractivity contribution in [2.45, 2.75) is 62.3 Å². The van der Waals surface area contributed by atoms with E-state index in [1.165, 1.54) is 38.5 Å². The molecule has 84 valence electrons. The molecule has 1 N–H and O–H groups in total. The fraction of sp³-hybridized carbons (Fsp3) is 0.917. The predicted octanol–water partition coefficient (Wildman–Crippen LogP) is 2.70. The number of hydrogen-bond acceptors (Lipinski definition) is 3. The molecule has 2 fully saturated rings. The summed E-state index contributed by atoms with van der Waals surface area (Å²) in [4.78, 5) is 0. The summed E-state index contributed by atoms with van der Waals surface area (Å²) in [5, 5.41) is 13.3. The highest BCUT2D eigenvalue weighted by atomic mass is 32.2. The van der Waals surface area contributed by atoms with Gasteiger partial charge in [-0.05, 0) is 37.9 Å². The Kier molecular flexibility index (Phi) is 4.34. The molecule has 0 aromatic rings. The summed E-state index contributed by atoms with van der Waals surface area (Å²) >= 11 is 2.08. The molecule has 0 saturated heterocycles. The van der Waals surface area contributed by atoms with Crippen molar-refractivity contribution in [3.63, 3.8) is 0 Å². The minimum absolute atomic E-state index is 0.103. The highest BCUT2D eigenvalue weighted by Gasteiger charge is 2.24. The minimum Gasteiger partial charge on any atom is -0.299 e. The molecular formula is C12H20N2S. The fourth-order valence-electron chi connectivity index (χ4n) is 2.13. The van der Waals surface area contributed by atoms with Crippen LogP contribution in [0.4, 0.5) is 0 Å². The molecule has 2 saturated carbocycles. The lowest BCUT2D eigenvalue weighted by Gasteiger charge is -2.12. The van der Waals surface area contributed by atoms with Crippen LogP contribution in [0.15, 0.2) is 0 Å². The van der Waals surface area contributed by atoms with E-state index in [4.69, 9.17) is 5.26 Å². The first-order chi connectivity index (χ1) is 7.38. The Morgan fingerprint density at radius 1 is 1.27 bits per heavy atom. The number of nitriles is 1. The molecule has 0 bridgehead atoms. The third-order valence-corrected chi connectivity index (χ3v) is 4.65. The number of nitrogens with zero attached hydrogens (tertiary/aromatic N) is 1. The topological polar surface area (TPSA) is 35.8 Å². The molecule has 2 nitrogen and oxygen atoms in total. The van der Waals surface area contributed by atoms with Gasteiger partial charge in [0.2, 0.25) is 0 Å². The van der Waals surface area contributed by atoms with Gasteiger partial charge < -0.3 is 0 Å². The van der Waals surface area contributed by atoms with Gasteiger partial charge in [0.15, 0.2) is 0 Å². The van der Waals surface area contributed by atoms with Crippen LogP contribution in [0.25, 0.3) is 0 Å². The van der Waals surface area contributed by atoms with Gasteiger partial charge in [-0.25, -0.2) is 0 Å². The normalized spacial score (nSPS) is 23.9. The molecule has 2 aliphatic rings. The minimum atomic E-state index is 0.103. The highest BCUT2D eigenvalue weighted by molar-refractivity contribution is 7.99. The van der Waals surface area contributed by atoms with Gasteiger partial charge in [-0.2, -0.15) is 17.0 Å². The Morgan fingerprint density at radius 2 is 2.00 bits per heavy atom. The number of hydrogen-bond donors (Lipinski definition) is 1. The number of rotatable bonds is 6. The van der Waals surface area contributed by atoms with E-state index in [9.17, 15) is 0 Å². The Hall–Kier alpha value is -0.200. The van der Waals surface area contributed by atoms with Crippen LogP contribution >= 0.6 is 11.8 Å². The third kappa shape index (κ3) is 4.04. The molecule has 0 amide bonds. The van der Waals surface area contributed by atoms with E-state index in [1.54, 1.807) is 0 Å². The average Bonchev–Trinajstić information content (AvgIpc) is 2.91. The summed E-state index contributed by atoms with van der Waals surface area (Å²) in [7, 11) is 0. The molecule has 3 heteroatoms. The van der Waals surface area contributed by atoms with E-state index < -0.39 is 0 Å². The number of thioether (sulfide) groups is 1. The zero-order valence-electron chi connectivity index (χ0n) is 9.24. The van der Waals surface area contributed by atoms with Crippen molar-refractivity contribution in [2.24, 2.45) is 0 Å². The van der Waals surface area contributed by atoms with E-state index in [1.807, 2.05) is 0 Å². The molecule has 0 aromatic carbocycles. The maximum Gasteiger partial charge on any atom is 0.0963 e. The van der Waals surface area contributed by atoms with Crippen LogP contribution in [0.2, 0.25) is 0 Å². The Labute approximate surface area is 96.8 Å². The van der Waals surface area contributed by atoms with E-state index in [0.29, 0.717) is 6.04 Å². The van der Waals surface area contributed by atoms with Crippen molar-refractivity contribution in [1.82, 2.24) is 5.32 Å². The van der Waals surface area contributed by atoms with Gasteiger partial charge in [0.05, 0.1) is 12.1 Å². The van der Waals surface area contributed by atoms with Crippen LogP contribution in [0.3, 0.4) is 0 Å². The summed E-state index contributed by atoms with van der Waals surface area (Å²) in [6.07, 6.45) is 9.20. The van der Waals surface area contributed by atoms with Crippen LogP contribution in [-0.2, 0) is 0 Å². The molecule has 0 spiro atoms. The standard InChI is InChI=1S/C12H20N2S/c13-9-11(14-10-5-6-10)7-8-15-12-3-1-2-4-12/h10-12,14H,1-8H2. The molecule has 1 unspecified atom stereocenters. The van der Waals surface area contributed by atoms with E-state index in [0.717, 1.165) is 17.4 Å². The van der Waals surface area contributed by atoms with Crippen molar-refractivity contribution in [2.75, 3.05) is 5.75 Å². The Morgan fingerprint density at radius 3 is 2.60 bits per heavy atom. The van der Waals surface area contributed by atoms with Gasteiger partial charge in [-0.1, -0.05) is 12.8 Å².